The highest BCUT2D eigenvalue weighted by Crippen LogP contribution is 2.31. The molecule has 1 atom stereocenters. The molecule has 3 aromatic rings. The van der Waals surface area contributed by atoms with Crippen molar-refractivity contribution in [2.75, 3.05) is 5.32 Å². The Morgan fingerprint density at radius 3 is 2.69 bits per heavy atom. The van der Waals surface area contributed by atoms with E-state index < -0.39 is 11.7 Å². The van der Waals surface area contributed by atoms with Gasteiger partial charge in [0.1, 0.15) is 11.3 Å². The summed E-state index contributed by atoms with van der Waals surface area (Å²) in [5.74, 6) is -0.0303. The molecule has 3 rings (SSSR count). The molecule has 0 saturated carbocycles. The molecular formula is C20H18ClNO4. The Balaban J connectivity index is 1.82. The van der Waals surface area contributed by atoms with Crippen LogP contribution in [0.3, 0.4) is 0 Å². The Morgan fingerprint density at radius 2 is 1.96 bits per heavy atom. The van der Waals surface area contributed by atoms with Crippen LogP contribution >= 0.6 is 11.6 Å². The second-order valence-corrected chi connectivity index (χ2v) is 6.55. The fraction of sp³-hybridized carbons (Fsp3) is 0.200. The SMILES string of the molecule is Cc1cccc(NC(=O)[C@@H](C)Oc2cc3oc(=O)cc(C)c3cc2Cl)c1. The van der Waals surface area contributed by atoms with E-state index >= 15 is 0 Å². The number of ether oxygens (including phenoxy) is 1. The van der Waals surface area contributed by atoms with Gasteiger partial charge in [-0.25, -0.2) is 4.79 Å². The van der Waals surface area contributed by atoms with Crippen LogP contribution in [-0.2, 0) is 4.79 Å². The van der Waals surface area contributed by atoms with Gasteiger partial charge in [0.25, 0.3) is 5.91 Å². The lowest BCUT2D eigenvalue weighted by Crippen LogP contribution is -2.30. The van der Waals surface area contributed by atoms with Gasteiger partial charge in [0, 0.05) is 23.2 Å². The maximum atomic E-state index is 12.4. The molecule has 1 aromatic heterocycles. The largest absolute Gasteiger partial charge is 0.479 e. The second kappa shape index (κ2) is 7.22. The Labute approximate surface area is 155 Å². The van der Waals surface area contributed by atoms with Crippen LogP contribution in [0.5, 0.6) is 5.75 Å². The fourth-order valence-electron chi connectivity index (χ4n) is 2.62. The van der Waals surface area contributed by atoms with Crippen molar-refractivity contribution in [2.24, 2.45) is 0 Å². The highest BCUT2D eigenvalue weighted by atomic mass is 35.5. The normalized spacial score (nSPS) is 12.0. The van der Waals surface area contributed by atoms with Gasteiger partial charge in [-0.1, -0.05) is 23.7 Å². The summed E-state index contributed by atoms with van der Waals surface area (Å²) in [5, 5.41) is 3.86. The maximum Gasteiger partial charge on any atom is 0.336 e. The van der Waals surface area contributed by atoms with Gasteiger partial charge in [0.2, 0.25) is 0 Å². The lowest BCUT2D eigenvalue weighted by Gasteiger charge is -2.16. The van der Waals surface area contributed by atoms with Crippen molar-refractivity contribution >= 4 is 34.2 Å². The minimum atomic E-state index is -0.790. The summed E-state index contributed by atoms with van der Waals surface area (Å²) in [5.41, 5.74) is 2.40. The van der Waals surface area contributed by atoms with E-state index in [0.29, 0.717) is 16.3 Å². The lowest BCUT2D eigenvalue weighted by molar-refractivity contribution is -0.122. The van der Waals surface area contributed by atoms with Gasteiger partial charge in [0.05, 0.1) is 5.02 Å². The monoisotopic (exact) mass is 371 g/mol. The van der Waals surface area contributed by atoms with E-state index in [1.807, 2.05) is 25.1 Å². The van der Waals surface area contributed by atoms with Crippen LogP contribution in [0.1, 0.15) is 18.1 Å². The minimum absolute atomic E-state index is 0.278. The van der Waals surface area contributed by atoms with Crippen molar-refractivity contribution in [1.82, 2.24) is 0 Å². The fourth-order valence-corrected chi connectivity index (χ4v) is 2.83. The molecule has 0 unspecified atom stereocenters. The Morgan fingerprint density at radius 1 is 1.19 bits per heavy atom. The summed E-state index contributed by atoms with van der Waals surface area (Å²) < 4.78 is 10.9. The van der Waals surface area contributed by atoms with E-state index in [9.17, 15) is 9.59 Å². The summed E-state index contributed by atoms with van der Waals surface area (Å²) in [6, 6.07) is 12.1. The van der Waals surface area contributed by atoms with Crippen LogP contribution < -0.4 is 15.7 Å². The quantitative estimate of drug-likeness (QED) is 0.687. The average Bonchev–Trinajstić information content (AvgIpc) is 2.56. The first-order valence-electron chi connectivity index (χ1n) is 8.11. The summed E-state index contributed by atoms with van der Waals surface area (Å²) >= 11 is 6.27. The third-order valence-corrected chi connectivity index (χ3v) is 4.26. The van der Waals surface area contributed by atoms with Gasteiger partial charge < -0.3 is 14.5 Å². The molecule has 0 bridgehead atoms. The number of halogens is 1. The number of benzene rings is 2. The van der Waals surface area contributed by atoms with Crippen LogP contribution in [0.2, 0.25) is 5.02 Å². The van der Waals surface area contributed by atoms with E-state index in [4.69, 9.17) is 20.8 Å². The van der Waals surface area contributed by atoms with Crippen molar-refractivity contribution in [1.29, 1.82) is 0 Å². The highest BCUT2D eigenvalue weighted by Gasteiger charge is 2.18. The third-order valence-electron chi connectivity index (χ3n) is 3.96. The molecule has 2 aromatic carbocycles. The number of aryl methyl sites for hydroxylation is 2. The molecule has 0 spiro atoms. The van der Waals surface area contributed by atoms with Crippen LogP contribution in [-0.4, -0.2) is 12.0 Å². The van der Waals surface area contributed by atoms with E-state index in [1.165, 1.54) is 12.1 Å². The van der Waals surface area contributed by atoms with Crippen molar-refractivity contribution in [3.05, 3.63) is 69.0 Å². The number of fused-ring (bicyclic) bond motifs is 1. The first-order chi connectivity index (χ1) is 12.3. The van der Waals surface area contributed by atoms with Gasteiger partial charge in [-0.15, -0.1) is 0 Å². The number of amides is 1. The van der Waals surface area contributed by atoms with Crippen LogP contribution in [0.15, 0.2) is 51.7 Å². The number of anilines is 1. The molecule has 6 heteroatoms. The van der Waals surface area contributed by atoms with Gasteiger partial charge in [-0.3, -0.25) is 4.79 Å². The molecule has 1 N–H and O–H groups in total. The molecule has 26 heavy (non-hydrogen) atoms. The summed E-state index contributed by atoms with van der Waals surface area (Å²) in [7, 11) is 0. The molecule has 0 aliphatic rings. The third kappa shape index (κ3) is 3.89. The number of carbonyl (C=O) groups is 1. The first kappa shape index (κ1) is 18.0. The number of carbonyl (C=O) groups excluding carboxylic acids is 1. The Kier molecular flexibility index (Phi) is 5.00. The van der Waals surface area contributed by atoms with Crippen molar-refractivity contribution in [3.8, 4) is 5.75 Å². The minimum Gasteiger partial charge on any atom is -0.479 e. The molecule has 0 aliphatic carbocycles. The van der Waals surface area contributed by atoms with Gasteiger partial charge in [0.15, 0.2) is 6.10 Å². The number of hydrogen-bond acceptors (Lipinski definition) is 4. The molecule has 1 amide bonds. The van der Waals surface area contributed by atoms with E-state index in [1.54, 1.807) is 26.0 Å². The number of hydrogen-bond donors (Lipinski definition) is 1. The lowest BCUT2D eigenvalue weighted by atomic mass is 10.1. The van der Waals surface area contributed by atoms with Crippen LogP contribution in [0, 0.1) is 13.8 Å². The zero-order chi connectivity index (χ0) is 18.8. The predicted molar refractivity (Wildman–Crippen MR) is 102 cm³/mol. The summed E-state index contributed by atoms with van der Waals surface area (Å²) in [6.07, 6.45) is -0.790. The van der Waals surface area contributed by atoms with E-state index in [0.717, 1.165) is 16.5 Å². The maximum absolute atomic E-state index is 12.4. The number of nitrogens with one attached hydrogen (secondary N) is 1. The molecule has 0 aliphatic heterocycles. The van der Waals surface area contributed by atoms with Gasteiger partial charge in [-0.05, 0) is 50.1 Å². The second-order valence-electron chi connectivity index (χ2n) is 6.15. The topological polar surface area (TPSA) is 68.5 Å². The van der Waals surface area contributed by atoms with Crippen molar-refractivity contribution < 1.29 is 13.9 Å². The van der Waals surface area contributed by atoms with Crippen LogP contribution in [0.4, 0.5) is 5.69 Å². The first-order valence-corrected chi connectivity index (χ1v) is 8.49. The Bertz CT molecular complexity index is 1040. The molecule has 1 heterocycles. The molecule has 134 valence electrons. The molecule has 0 saturated heterocycles. The van der Waals surface area contributed by atoms with Crippen molar-refractivity contribution in [3.63, 3.8) is 0 Å². The average molecular weight is 372 g/mol. The molecule has 0 fully saturated rings. The predicted octanol–water partition coefficient (Wildman–Crippen LogP) is 4.47. The molecular weight excluding hydrogens is 354 g/mol. The zero-order valence-electron chi connectivity index (χ0n) is 14.6. The summed E-state index contributed by atoms with van der Waals surface area (Å²) in [6.45, 7) is 5.37. The van der Waals surface area contributed by atoms with Crippen LogP contribution in [0.25, 0.3) is 11.0 Å². The molecule has 0 radical (unpaired) electrons. The van der Waals surface area contributed by atoms with Crippen molar-refractivity contribution in [2.45, 2.75) is 26.9 Å². The number of rotatable bonds is 4. The molecule has 5 nitrogen and oxygen atoms in total. The smallest absolute Gasteiger partial charge is 0.336 e. The zero-order valence-corrected chi connectivity index (χ0v) is 15.4. The van der Waals surface area contributed by atoms with Gasteiger partial charge in [-0.2, -0.15) is 0 Å². The highest BCUT2D eigenvalue weighted by molar-refractivity contribution is 6.32. The van der Waals surface area contributed by atoms with Gasteiger partial charge >= 0.3 is 5.63 Å². The Hall–Kier alpha value is -2.79. The summed E-state index contributed by atoms with van der Waals surface area (Å²) in [4.78, 5) is 23.9. The van der Waals surface area contributed by atoms with E-state index in [2.05, 4.69) is 5.32 Å². The standard InChI is InChI=1S/C20H18ClNO4/c1-11-5-4-6-14(7-11)22-20(24)13(3)25-18-10-17-15(9-16(18)21)12(2)8-19(23)26-17/h4-10,13H,1-3H3,(H,22,24)/t13-/m1/s1. The van der Waals surface area contributed by atoms with E-state index in [-0.39, 0.29) is 11.7 Å².